The Labute approximate surface area is 101 Å². The smallest absolute Gasteiger partial charge is 0.185 e. The van der Waals surface area contributed by atoms with Crippen LogP contribution in [0.15, 0.2) is 36.4 Å². The second-order valence-electron chi connectivity index (χ2n) is 3.43. The number of pyridine rings is 1. The molecule has 0 bridgehead atoms. The summed E-state index contributed by atoms with van der Waals surface area (Å²) < 4.78 is 15.0. The molecule has 2 heterocycles. The van der Waals surface area contributed by atoms with Crippen molar-refractivity contribution in [3.63, 3.8) is 0 Å². The highest BCUT2D eigenvalue weighted by atomic mass is 35.5. The van der Waals surface area contributed by atoms with Crippen LogP contribution in [-0.4, -0.2) is 20.0 Å². The first-order valence-corrected chi connectivity index (χ1v) is 5.26. The molecule has 0 amide bonds. The Kier molecular flexibility index (Phi) is 2.26. The molecule has 0 saturated heterocycles. The van der Waals surface area contributed by atoms with Crippen molar-refractivity contribution < 1.29 is 4.39 Å². The van der Waals surface area contributed by atoms with Crippen LogP contribution in [-0.2, 0) is 0 Å². The van der Waals surface area contributed by atoms with Crippen molar-refractivity contribution in [2.45, 2.75) is 0 Å². The Morgan fingerprint density at radius 2 is 1.94 bits per heavy atom. The van der Waals surface area contributed by atoms with E-state index < -0.39 is 0 Å². The maximum atomic E-state index is 13.6. The van der Waals surface area contributed by atoms with Gasteiger partial charge in [-0.3, -0.25) is 0 Å². The van der Waals surface area contributed by atoms with Crippen LogP contribution in [0.25, 0.3) is 16.9 Å². The van der Waals surface area contributed by atoms with E-state index in [1.54, 1.807) is 30.3 Å². The zero-order valence-electron chi connectivity index (χ0n) is 8.51. The lowest BCUT2D eigenvalue weighted by atomic mass is 10.3. The minimum absolute atomic E-state index is 0.296. The average Bonchev–Trinajstić information content (AvgIpc) is 2.72. The highest BCUT2D eigenvalue weighted by Crippen LogP contribution is 2.18. The van der Waals surface area contributed by atoms with Crippen molar-refractivity contribution in [3.05, 3.63) is 47.4 Å². The lowest BCUT2D eigenvalue weighted by Crippen LogP contribution is -2.00. The van der Waals surface area contributed by atoms with Gasteiger partial charge in [0.1, 0.15) is 22.2 Å². The fourth-order valence-corrected chi connectivity index (χ4v) is 1.72. The standard InChI is InChI=1S/C11H6ClFN4/c12-10-6-5-8-11(14-10)17(16-15-8)9-4-2-1-3-7(9)13/h1-6H. The minimum Gasteiger partial charge on any atom is -0.215 e. The predicted octanol–water partition coefficient (Wildman–Crippen LogP) is 2.61. The van der Waals surface area contributed by atoms with Crippen LogP contribution in [0.4, 0.5) is 4.39 Å². The van der Waals surface area contributed by atoms with Crippen LogP contribution < -0.4 is 0 Å². The SMILES string of the molecule is Fc1ccccc1-n1nnc2ccc(Cl)nc21. The molecule has 0 spiro atoms. The summed E-state index contributed by atoms with van der Waals surface area (Å²) in [7, 11) is 0. The molecule has 4 nitrogen and oxygen atoms in total. The van der Waals surface area contributed by atoms with Gasteiger partial charge in [-0.25, -0.2) is 9.37 Å². The van der Waals surface area contributed by atoms with E-state index in [1.807, 2.05) is 0 Å². The number of aromatic nitrogens is 4. The third kappa shape index (κ3) is 1.64. The second-order valence-corrected chi connectivity index (χ2v) is 3.82. The molecule has 0 saturated carbocycles. The Morgan fingerprint density at radius 3 is 2.76 bits per heavy atom. The number of hydrogen-bond donors (Lipinski definition) is 0. The number of hydrogen-bond acceptors (Lipinski definition) is 3. The molecule has 17 heavy (non-hydrogen) atoms. The Hall–Kier alpha value is -2.01. The summed E-state index contributed by atoms with van der Waals surface area (Å²) in [6.07, 6.45) is 0. The van der Waals surface area contributed by atoms with E-state index in [0.29, 0.717) is 22.0 Å². The quantitative estimate of drug-likeness (QED) is 0.622. The highest BCUT2D eigenvalue weighted by Gasteiger charge is 2.11. The molecular weight excluding hydrogens is 243 g/mol. The summed E-state index contributed by atoms with van der Waals surface area (Å²) >= 11 is 5.80. The molecule has 6 heteroatoms. The number of halogens is 2. The lowest BCUT2D eigenvalue weighted by Gasteiger charge is -2.02. The summed E-state index contributed by atoms with van der Waals surface area (Å²) in [6, 6.07) is 9.59. The first-order valence-electron chi connectivity index (χ1n) is 4.88. The molecule has 0 unspecified atom stereocenters. The van der Waals surface area contributed by atoms with Gasteiger partial charge in [0.05, 0.1) is 0 Å². The fraction of sp³-hybridized carbons (Fsp3) is 0. The third-order valence-corrected chi connectivity index (χ3v) is 2.55. The van der Waals surface area contributed by atoms with Gasteiger partial charge >= 0.3 is 0 Å². The molecule has 3 aromatic rings. The lowest BCUT2D eigenvalue weighted by molar-refractivity contribution is 0.609. The average molecular weight is 249 g/mol. The summed E-state index contributed by atoms with van der Waals surface area (Å²) in [5.41, 5.74) is 1.30. The van der Waals surface area contributed by atoms with Crippen molar-refractivity contribution in [2.75, 3.05) is 0 Å². The van der Waals surface area contributed by atoms with Gasteiger partial charge in [0.25, 0.3) is 0 Å². The van der Waals surface area contributed by atoms with Crippen LogP contribution in [0.2, 0.25) is 5.15 Å². The molecule has 0 fully saturated rings. The molecule has 3 rings (SSSR count). The number of para-hydroxylation sites is 1. The normalized spacial score (nSPS) is 10.9. The molecular formula is C11H6ClFN4. The third-order valence-electron chi connectivity index (χ3n) is 2.34. The van der Waals surface area contributed by atoms with Crippen LogP contribution >= 0.6 is 11.6 Å². The Morgan fingerprint density at radius 1 is 1.12 bits per heavy atom. The van der Waals surface area contributed by atoms with E-state index in [2.05, 4.69) is 15.3 Å². The van der Waals surface area contributed by atoms with Crippen LogP contribution in [0.3, 0.4) is 0 Å². The number of fused-ring (bicyclic) bond motifs is 1. The van der Waals surface area contributed by atoms with E-state index in [0.717, 1.165) is 0 Å². The van der Waals surface area contributed by atoms with Crippen molar-refractivity contribution in [1.29, 1.82) is 0 Å². The predicted molar refractivity (Wildman–Crippen MR) is 61.6 cm³/mol. The maximum absolute atomic E-state index is 13.6. The van der Waals surface area contributed by atoms with Gasteiger partial charge in [-0.05, 0) is 24.3 Å². The molecule has 84 valence electrons. The summed E-state index contributed by atoms with van der Waals surface area (Å²) in [5, 5.41) is 8.09. The summed E-state index contributed by atoms with van der Waals surface area (Å²) in [5.74, 6) is -0.388. The monoisotopic (exact) mass is 248 g/mol. The minimum atomic E-state index is -0.388. The molecule has 2 aromatic heterocycles. The topological polar surface area (TPSA) is 43.6 Å². The van der Waals surface area contributed by atoms with Gasteiger partial charge in [0.15, 0.2) is 5.65 Å². The largest absolute Gasteiger partial charge is 0.215 e. The zero-order valence-corrected chi connectivity index (χ0v) is 9.26. The van der Waals surface area contributed by atoms with E-state index in [9.17, 15) is 4.39 Å². The Bertz CT molecular complexity index is 695. The summed E-state index contributed by atoms with van der Waals surface area (Å²) in [4.78, 5) is 4.09. The van der Waals surface area contributed by atoms with Crippen molar-refractivity contribution in [2.24, 2.45) is 0 Å². The van der Waals surface area contributed by atoms with Gasteiger partial charge in [-0.1, -0.05) is 28.9 Å². The number of rotatable bonds is 1. The van der Waals surface area contributed by atoms with Crippen LogP contribution in [0.5, 0.6) is 0 Å². The van der Waals surface area contributed by atoms with E-state index in [1.165, 1.54) is 10.7 Å². The van der Waals surface area contributed by atoms with Gasteiger partial charge in [-0.2, -0.15) is 4.68 Å². The van der Waals surface area contributed by atoms with Gasteiger partial charge in [0, 0.05) is 0 Å². The maximum Gasteiger partial charge on any atom is 0.185 e. The van der Waals surface area contributed by atoms with E-state index in [4.69, 9.17) is 11.6 Å². The van der Waals surface area contributed by atoms with Gasteiger partial charge in [-0.15, -0.1) is 5.10 Å². The van der Waals surface area contributed by atoms with Crippen molar-refractivity contribution in [1.82, 2.24) is 20.0 Å². The molecule has 0 aliphatic heterocycles. The molecule has 1 aromatic carbocycles. The molecule has 0 aliphatic rings. The van der Waals surface area contributed by atoms with Crippen LogP contribution in [0.1, 0.15) is 0 Å². The van der Waals surface area contributed by atoms with Gasteiger partial charge in [0.2, 0.25) is 0 Å². The number of nitrogens with zero attached hydrogens (tertiary/aromatic N) is 4. The van der Waals surface area contributed by atoms with E-state index >= 15 is 0 Å². The molecule has 0 atom stereocenters. The molecule has 0 N–H and O–H groups in total. The van der Waals surface area contributed by atoms with Crippen LogP contribution in [0, 0.1) is 5.82 Å². The Balaban J connectivity index is 2.31. The first kappa shape index (κ1) is 10.2. The van der Waals surface area contributed by atoms with Crippen molar-refractivity contribution >= 4 is 22.8 Å². The van der Waals surface area contributed by atoms with Crippen molar-refractivity contribution in [3.8, 4) is 5.69 Å². The number of benzene rings is 1. The molecule has 0 radical (unpaired) electrons. The fourth-order valence-electron chi connectivity index (χ4n) is 1.57. The first-order chi connectivity index (χ1) is 8.25. The second kappa shape index (κ2) is 3.78. The zero-order chi connectivity index (χ0) is 11.8. The molecule has 0 aliphatic carbocycles. The van der Waals surface area contributed by atoms with E-state index in [-0.39, 0.29) is 5.82 Å². The van der Waals surface area contributed by atoms with Gasteiger partial charge < -0.3 is 0 Å². The summed E-state index contributed by atoms with van der Waals surface area (Å²) in [6.45, 7) is 0. The highest BCUT2D eigenvalue weighted by molar-refractivity contribution is 6.29.